The first-order valence-corrected chi connectivity index (χ1v) is 13.1. The Bertz CT molecular complexity index is 1390. The fourth-order valence-electron chi connectivity index (χ4n) is 3.69. The Balaban J connectivity index is 2.09. The molecule has 1 aromatic carbocycles. The zero-order chi connectivity index (χ0) is 28.2. The second kappa shape index (κ2) is 11.8. The Morgan fingerprint density at radius 3 is 2.18 bits per heavy atom. The Hall–Kier alpha value is -3.63. The number of thiophene rings is 1. The van der Waals surface area contributed by atoms with Gasteiger partial charge in [0.1, 0.15) is 10.8 Å². The van der Waals surface area contributed by atoms with Gasteiger partial charge < -0.3 is 28.0 Å². The molecule has 3 rings (SSSR count). The Morgan fingerprint density at radius 1 is 1.05 bits per heavy atom. The van der Waals surface area contributed by atoms with Gasteiger partial charge in [-0.25, -0.2) is 9.18 Å². The quantitative estimate of drug-likeness (QED) is 0.124. The highest BCUT2D eigenvalue weighted by Crippen LogP contribution is 2.34. The number of amides is 1. The topological polar surface area (TPSA) is 88.4 Å². The Labute approximate surface area is 231 Å². The number of hydrogen-bond acceptors (Lipinski definition) is 7. The van der Waals surface area contributed by atoms with Crippen LogP contribution in [0.25, 0.3) is 5.70 Å². The number of nitrogens with zero attached hydrogens (tertiary/aromatic N) is 1. The highest BCUT2D eigenvalue weighted by Gasteiger charge is 2.29. The molecular formula is C28H30FN3O4S2. The molecule has 2 heterocycles. The minimum atomic E-state index is -0.639. The summed E-state index contributed by atoms with van der Waals surface area (Å²) in [4.78, 5) is 39.0. The van der Waals surface area contributed by atoms with Crippen LogP contribution < -0.4 is 15.2 Å². The lowest BCUT2D eigenvalue weighted by Gasteiger charge is -2.19. The van der Waals surface area contributed by atoms with Gasteiger partial charge in [0.25, 0.3) is 5.70 Å². The molecule has 3 aromatic rings. The molecule has 0 aliphatic rings. The lowest BCUT2D eigenvalue weighted by Crippen LogP contribution is -2.40. The van der Waals surface area contributed by atoms with E-state index in [0.29, 0.717) is 16.1 Å². The molecule has 0 radical (unpaired) electrons. The van der Waals surface area contributed by atoms with Crippen molar-refractivity contribution in [2.75, 3.05) is 17.2 Å². The summed E-state index contributed by atoms with van der Waals surface area (Å²) in [5.74, 6) is -1.89. The second-order valence-electron chi connectivity index (χ2n) is 9.54. The molecule has 0 aliphatic carbocycles. The van der Waals surface area contributed by atoms with Crippen molar-refractivity contribution in [1.29, 1.82) is 0 Å². The van der Waals surface area contributed by atoms with Crippen LogP contribution >= 0.6 is 11.3 Å². The number of ketones is 1. The van der Waals surface area contributed by atoms with Gasteiger partial charge in [-0.2, -0.15) is 4.57 Å². The number of esters is 1. The first-order valence-electron chi connectivity index (χ1n) is 11.9. The highest BCUT2D eigenvalue weighted by atomic mass is 32.1. The molecular weight excluding hydrogens is 525 g/mol. The Kier molecular flexibility index (Phi) is 9.01. The van der Waals surface area contributed by atoms with E-state index in [-0.39, 0.29) is 39.1 Å². The van der Waals surface area contributed by atoms with Gasteiger partial charge in [-0.1, -0.05) is 20.8 Å². The lowest BCUT2D eigenvalue weighted by molar-refractivity contribution is -0.577. The minimum Gasteiger partial charge on any atom is -0.756 e. The van der Waals surface area contributed by atoms with Crippen molar-refractivity contribution in [3.8, 4) is 0 Å². The Morgan fingerprint density at radius 2 is 1.66 bits per heavy atom. The summed E-state index contributed by atoms with van der Waals surface area (Å²) in [5.41, 5.74) is 2.06. The lowest BCUT2D eigenvalue weighted by atomic mass is 9.88. The normalized spacial score (nSPS) is 12.0. The molecule has 0 spiro atoms. The van der Waals surface area contributed by atoms with E-state index in [0.717, 1.165) is 16.9 Å². The summed E-state index contributed by atoms with van der Waals surface area (Å²) in [6, 6.07) is 9.34. The minimum absolute atomic E-state index is 0.0648. The fraction of sp³-hybridized carbons (Fsp3) is 0.286. The first kappa shape index (κ1) is 28.9. The number of hydrogen-bond donors (Lipinski definition) is 2. The summed E-state index contributed by atoms with van der Waals surface area (Å²) < 4.78 is 20.2. The molecule has 0 bridgehead atoms. The van der Waals surface area contributed by atoms with Crippen molar-refractivity contribution < 1.29 is 28.1 Å². The molecule has 0 aliphatic heterocycles. The van der Waals surface area contributed by atoms with Crippen LogP contribution in [0.2, 0.25) is 0 Å². The highest BCUT2D eigenvalue weighted by molar-refractivity contribution is 7.64. The van der Waals surface area contributed by atoms with E-state index in [4.69, 9.17) is 17.4 Å². The molecule has 38 heavy (non-hydrogen) atoms. The average Bonchev–Trinajstić information content (AvgIpc) is 3.16. The molecule has 7 nitrogen and oxygen atoms in total. The molecule has 0 saturated heterocycles. The molecule has 0 unspecified atom stereocenters. The number of nitrogens with one attached hydrogen (secondary N) is 2. The SMILES string of the molecule is CCOC(=O)c1c(NC(=O)/C(=C(/[S-])Nc2ccc(F)cc2)[n+]2ccc(C(C)(C)C)cc2)sc(C(C)=O)c1C. The van der Waals surface area contributed by atoms with Crippen LogP contribution in [-0.2, 0) is 27.6 Å². The van der Waals surface area contributed by atoms with Gasteiger partial charge in [-0.15, -0.1) is 11.3 Å². The van der Waals surface area contributed by atoms with Gasteiger partial charge in [0.05, 0.1) is 17.0 Å². The third-order valence-corrected chi connectivity index (χ3v) is 7.26. The number of halogens is 1. The molecule has 200 valence electrons. The third-order valence-electron chi connectivity index (χ3n) is 5.66. The summed E-state index contributed by atoms with van der Waals surface area (Å²) in [5, 5.41) is 6.00. The maximum absolute atomic E-state index is 13.7. The van der Waals surface area contributed by atoms with Crippen LogP contribution in [0.4, 0.5) is 15.1 Å². The molecule has 10 heteroatoms. The van der Waals surface area contributed by atoms with Crippen LogP contribution in [0.3, 0.4) is 0 Å². The van der Waals surface area contributed by atoms with Crippen molar-refractivity contribution in [2.24, 2.45) is 0 Å². The van der Waals surface area contributed by atoms with E-state index >= 15 is 0 Å². The number of rotatable bonds is 8. The van der Waals surface area contributed by atoms with Crippen LogP contribution in [-0.4, -0.2) is 24.3 Å². The van der Waals surface area contributed by atoms with Gasteiger partial charge in [0.2, 0.25) is 0 Å². The maximum Gasteiger partial charge on any atom is 0.341 e. The van der Waals surface area contributed by atoms with Crippen molar-refractivity contribution in [3.05, 3.63) is 81.2 Å². The number of aromatic nitrogens is 1. The van der Waals surface area contributed by atoms with Crippen molar-refractivity contribution in [2.45, 2.75) is 47.0 Å². The van der Waals surface area contributed by atoms with Gasteiger partial charge in [0, 0.05) is 17.8 Å². The number of anilines is 2. The summed E-state index contributed by atoms with van der Waals surface area (Å²) in [6.07, 6.45) is 3.45. The van der Waals surface area contributed by atoms with E-state index in [1.165, 1.54) is 31.2 Å². The second-order valence-corrected chi connectivity index (χ2v) is 11.0. The molecule has 0 atom stereocenters. The number of carbonyl (C=O) groups is 3. The van der Waals surface area contributed by atoms with Gasteiger partial charge in [-0.3, -0.25) is 9.59 Å². The molecule has 2 aromatic heterocycles. The first-order chi connectivity index (χ1) is 17.8. The number of pyridine rings is 1. The molecule has 2 N–H and O–H groups in total. The van der Waals surface area contributed by atoms with Gasteiger partial charge in [0.15, 0.2) is 18.2 Å². The standard InChI is InChI=1S/C28H30FN3O4S2/c1-7-36-27(35)21-16(2)23(17(3)33)38-26(21)31-24(34)22(25(37)30-20-10-8-19(29)9-11-20)32-14-12-18(13-15-32)28(4,5)6/h8-15H,7H2,1-6H3,(H2-,30,31,33,34,35,37). The van der Waals surface area contributed by atoms with E-state index in [9.17, 15) is 18.8 Å². The predicted molar refractivity (Wildman–Crippen MR) is 150 cm³/mol. The van der Waals surface area contributed by atoms with Gasteiger partial charge >= 0.3 is 11.9 Å². The summed E-state index contributed by atoms with van der Waals surface area (Å²) in [7, 11) is 0. The summed E-state index contributed by atoms with van der Waals surface area (Å²) in [6.45, 7) is 11.1. The van der Waals surface area contributed by atoms with Crippen LogP contribution in [0.15, 0.2) is 53.8 Å². The monoisotopic (exact) mass is 555 g/mol. The predicted octanol–water partition coefficient (Wildman–Crippen LogP) is 5.58. The van der Waals surface area contributed by atoms with E-state index < -0.39 is 17.7 Å². The third kappa shape index (κ3) is 6.62. The largest absolute Gasteiger partial charge is 0.756 e. The van der Waals surface area contributed by atoms with E-state index in [2.05, 4.69) is 31.4 Å². The summed E-state index contributed by atoms with van der Waals surface area (Å²) >= 11 is 6.61. The zero-order valence-corrected chi connectivity index (χ0v) is 23.7. The number of ether oxygens (including phenoxy) is 1. The maximum atomic E-state index is 13.7. The number of benzene rings is 1. The molecule has 0 saturated carbocycles. The van der Waals surface area contributed by atoms with Crippen LogP contribution in [0.5, 0.6) is 0 Å². The number of carbonyl (C=O) groups excluding carboxylic acids is 3. The zero-order valence-electron chi connectivity index (χ0n) is 22.1. The average molecular weight is 556 g/mol. The molecule has 0 fully saturated rings. The molecule has 1 amide bonds. The fourth-order valence-corrected chi connectivity index (χ4v) is 5.09. The van der Waals surface area contributed by atoms with Crippen LogP contribution in [0.1, 0.15) is 65.8 Å². The number of Topliss-reactive ketones (excluding diaryl/α,β-unsaturated/α-hetero) is 1. The van der Waals surface area contributed by atoms with E-state index in [1.54, 1.807) is 30.8 Å². The van der Waals surface area contributed by atoms with Crippen molar-refractivity contribution in [3.63, 3.8) is 0 Å². The van der Waals surface area contributed by atoms with Crippen molar-refractivity contribution in [1.82, 2.24) is 0 Å². The van der Waals surface area contributed by atoms with Crippen LogP contribution in [0, 0.1) is 12.7 Å². The van der Waals surface area contributed by atoms with E-state index in [1.807, 2.05) is 12.1 Å². The van der Waals surface area contributed by atoms with Gasteiger partial charge in [-0.05, 0) is 66.6 Å². The van der Waals surface area contributed by atoms with Crippen molar-refractivity contribution >= 4 is 58.0 Å². The smallest absolute Gasteiger partial charge is 0.341 e.